The number of hydrogen-bond donors (Lipinski definition) is 0. The molecular formula is C65H73N7O6S2. The molecule has 6 aliphatic rings. The van der Waals surface area contributed by atoms with Crippen LogP contribution in [-0.4, -0.2) is 100 Å². The molecule has 416 valence electrons. The van der Waals surface area contributed by atoms with Crippen molar-refractivity contribution < 1.29 is 28.6 Å². The van der Waals surface area contributed by atoms with Gasteiger partial charge in [0, 0.05) is 79.8 Å². The number of benzene rings is 5. The molecule has 1 aliphatic carbocycles. The first kappa shape index (κ1) is 57.1. The molecule has 80 heavy (non-hydrogen) atoms. The van der Waals surface area contributed by atoms with Gasteiger partial charge in [0.05, 0.1) is 0 Å². The zero-order valence-electron chi connectivity index (χ0n) is 46.9. The highest BCUT2D eigenvalue weighted by molar-refractivity contribution is 7.80. The minimum atomic E-state index is -0.197. The van der Waals surface area contributed by atoms with Gasteiger partial charge in [-0.15, -0.1) is 0 Å². The van der Waals surface area contributed by atoms with Crippen molar-refractivity contribution in [2.75, 3.05) is 54.0 Å². The largest absolute Gasteiger partial charge is 0.426 e. The van der Waals surface area contributed by atoms with Crippen LogP contribution in [0.25, 0.3) is 18.2 Å². The lowest BCUT2D eigenvalue weighted by Crippen LogP contribution is -2.40. The summed E-state index contributed by atoms with van der Waals surface area (Å²) in [4.78, 5) is 53.9. The average molecular weight is 1110 g/mol. The molecule has 0 bridgehead atoms. The van der Waals surface area contributed by atoms with Gasteiger partial charge in [-0.1, -0.05) is 79.9 Å². The van der Waals surface area contributed by atoms with Gasteiger partial charge in [-0.05, 0) is 211 Å². The lowest BCUT2D eigenvalue weighted by molar-refractivity contribution is -0.125. The molecule has 0 spiro atoms. The third-order valence-corrected chi connectivity index (χ3v) is 15.6. The predicted octanol–water partition coefficient (Wildman–Crippen LogP) is 13.4. The molecule has 5 aromatic carbocycles. The molecule has 3 saturated heterocycles. The van der Waals surface area contributed by atoms with Gasteiger partial charge >= 0.3 is 6.02 Å². The molecule has 0 aromatic heterocycles. The summed E-state index contributed by atoms with van der Waals surface area (Å²) in [6.07, 6.45) is 15.6. The zero-order chi connectivity index (χ0) is 56.3. The summed E-state index contributed by atoms with van der Waals surface area (Å²) < 4.78 is 16.9. The number of anilines is 5. The number of hydrogen-bond acceptors (Lipinski definition) is 12. The second-order valence-electron chi connectivity index (χ2n) is 20.7. The minimum Gasteiger partial charge on any atom is -0.426 e. The van der Waals surface area contributed by atoms with E-state index in [2.05, 4.69) is 82.1 Å². The van der Waals surface area contributed by atoms with E-state index in [0.29, 0.717) is 35.8 Å². The van der Waals surface area contributed by atoms with Crippen LogP contribution >= 0.6 is 24.4 Å². The van der Waals surface area contributed by atoms with Gasteiger partial charge in [-0.2, -0.15) is 0 Å². The van der Waals surface area contributed by atoms with E-state index in [1.165, 1.54) is 59.8 Å². The molecular weight excluding hydrogens is 1040 g/mol. The maximum absolute atomic E-state index is 12.7. The van der Waals surface area contributed by atoms with E-state index in [0.717, 1.165) is 85.4 Å². The number of para-hydroxylation sites is 2. The maximum Gasteiger partial charge on any atom is 0.300 e. The lowest BCUT2D eigenvalue weighted by Gasteiger charge is -2.37. The van der Waals surface area contributed by atoms with E-state index in [9.17, 15) is 14.4 Å². The van der Waals surface area contributed by atoms with Gasteiger partial charge in [-0.3, -0.25) is 29.1 Å². The van der Waals surface area contributed by atoms with Gasteiger partial charge in [-0.25, -0.2) is 4.99 Å². The van der Waals surface area contributed by atoms with Crippen molar-refractivity contribution in [1.82, 2.24) is 14.7 Å². The molecule has 0 N–H and O–H groups in total. The summed E-state index contributed by atoms with van der Waals surface area (Å²) in [5.41, 5.74) is 11.5. The van der Waals surface area contributed by atoms with Crippen molar-refractivity contribution in [3.63, 3.8) is 0 Å². The Bertz CT molecular complexity index is 3100. The van der Waals surface area contributed by atoms with Crippen LogP contribution in [0.1, 0.15) is 114 Å². The number of carbonyl (C=O) groups is 3. The molecule has 0 atom stereocenters. The maximum atomic E-state index is 12.7. The van der Waals surface area contributed by atoms with Crippen molar-refractivity contribution >= 4 is 105 Å². The summed E-state index contributed by atoms with van der Waals surface area (Å²) in [7, 11) is 0. The third-order valence-electron chi connectivity index (χ3n) is 15.0. The highest BCUT2D eigenvalue weighted by atomic mass is 32.1. The molecule has 5 heterocycles. The topological polar surface area (TPSA) is 111 Å². The molecule has 15 heteroatoms. The SMILES string of the molecule is CCN(CC)c1ccc(/C=C2/OC(=S)N(C3CCCCC3)C2=O)cc1.CCN1C(=O)/C(=C\c2cc3c4c(c2)CCCN4CCC3)OC1=NC(C)C.CCN1C(=O)/C(=C\c2ccc(N(c3ccccc3)c3ccccc3)cc2)OC1=S. The Kier molecular flexibility index (Phi) is 18.9. The number of nitrogens with zero attached hydrogens (tertiary/aromatic N) is 7. The Hall–Kier alpha value is -7.62. The van der Waals surface area contributed by atoms with Crippen molar-refractivity contribution in [2.45, 2.75) is 111 Å². The van der Waals surface area contributed by atoms with Gasteiger partial charge in [0.15, 0.2) is 17.3 Å². The van der Waals surface area contributed by atoms with Gasteiger partial charge in [0.2, 0.25) is 0 Å². The number of carbonyl (C=O) groups excluding carboxylic acids is 3. The molecule has 3 amide bonds. The Labute approximate surface area is 482 Å². The summed E-state index contributed by atoms with van der Waals surface area (Å²) >= 11 is 10.4. The number of thiocarbonyl (C=S) groups is 2. The summed E-state index contributed by atoms with van der Waals surface area (Å²) in [5, 5.41) is 0.516. The zero-order valence-corrected chi connectivity index (χ0v) is 48.6. The summed E-state index contributed by atoms with van der Waals surface area (Å²) in [6, 6.07) is 41.8. The second kappa shape index (κ2) is 26.6. The van der Waals surface area contributed by atoms with Crippen LogP contribution in [-0.2, 0) is 41.4 Å². The molecule has 4 fully saturated rings. The van der Waals surface area contributed by atoms with Crippen molar-refractivity contribution in [3.05, 3.63) is 166 Å². The van der Waals surface area contributed by atoms with Crippen LogP contribution in [0.15, 0.2) is 144 Å². The number of aliphatic imine (C=N–C) groups is 1. The van der Waals surface area contributed by atoms with Gasteiger partial charge in [0.25, 0.3) is 28.1 Å². The quantitative estimate of drug-likeness (QED) is 0.0830. The number of ether oxygens (including phenoxy) is 3. The monoisotopic (exact) mass is 1110 g/mol. The number of amides is 3. The second-order valence-corrected chi connectivity index (χ2v) is 21.4. The van der Waals surface area contributed by atoms with Crippen LogP contribution in [0.5, 0.6) is 0 Å². The minimum absolute atomic E-state index is 0.0883. The van der Waals surface area contributed by atoms with Crippen LogP contribution < -0.4 is 14.7 Å². The van der Waals surface area contributed by atoms with E-state index in [1.54, 1.807) is 22.0 Å². The highest BCUT2D eigenvalue weighted by Gasteiger charge is 2.39. The molecule has 11 rings (SSSR count). The van der Waals surface area contributed by atoms with E-state index in [1.807, 2.05) is 107 Å². The Balaban J connectivity index is 0.000000146. The predicted molar refractivity (Wildman–Crippen MR) is 330 cm³/mol. The Morgan fingerprint density at radius 2 is 1.04 bits per heavy atom. The number of aryl methyl sites for hydroxylation is 2. The first-order valence-electron chi connectivity index (χ1n) is 28.4. The summed E-state index contributed by atoms with van der Waals surface area (Å²) in [5.74, 6) is 0.585. The molecule has 0 unspecified atom stereocenters. The average Bonchev–Trinajstić information content (AvgIpc) is 4.04. The lowest BCUT2D eigenvalue weighted by atomic mass is 9.90. The smallest absolute Gasteiger partial charge is 0.300 e. The number of amidine groups is 1. The van der Waals surface area contributed by atoms with E-state index in [4.69, 9.17) is 38.6 Å². The fraction of sp³-hybridized carbons (Fsp3) is 0.354. The van der Waals surface area contributed by atoms with Gasteiger partial charge in [0.1, 0.15) is 0 Å². The van der Waals surface area contributed by atoms with Crippen LogP contribution in [0.4, 0.5) is 28.4 Å². The Morgan fingerprint density at radius 3 is 1.55 bits per heavy atom. The third kappa shape index (κ3) is 13.2. The van der Waals surface area contributed by atoms with Crippen LogP contribution in [0.3, 0.4) is 0 Å². The van der Waals surface area contributed by atoms with E-state index < -0.39 is 0 Å². The molecule has 13 nitrogen and oxygen atoms in total. The highest BCUT2D eigenvalue weighted by Crippen LogP contribution is 2.38. The molecule has 5 aromatic rings. The van der Waals surface area contributed by atoms with Crippen molar-refractivity contribution in [3.8, 4) is 0 Å². The first-order chi connectivity index (χ1) is 38.9. The van der Waals surface area contributed by atoms with Crippen molar-refractivity contribution in [2.24, 2.45) is 4.99 Å². The summed E-state index contributed by atoms with van der Waals surface area (Å²) in [6.45, 7) is 17.4. The number of rotatable bonds is 13. The van der Waals surface area contributed by atoms with Crippen LogP contribution in [0.2, 0.25) is 0 Å². The fourth-order valence-electron chi connectivity index (χ4n) is 11.1. The van der Waals surface area contributed by atoms with E-state index >= 15 is 0 Å². The molecule has 1 saturated carbocycles. The van der Waals surface area contributed by atoms with Gasteiger partial charge < -0.3 is 28.9 Å². The molecule has 5 aliphatic heterocycles. The Morgan fingerprint density at radius 1 is 0.562 bits per heavy atom. The first-order valence-corrected chi connectivity index (χ1v) is 29.3. The normalized spacial score (nSPS) is 19.0. The standard InChI is InChI=1S/C24H20N2O2S.C21H27N3O2.C20H26N2O2S/c1-2-25-23(27)22(28-24(25)29)17-18-13-15-21(16-14-18)26(19-9-5-3-6-10-19)20-11-7-4-8-12-20;1-4-24-20(25)18(26-21(24)22-14(2)3)13-15-11-16-7-5-9-23-10-6-8-17(12-15)19(16)23;1-3-21(4-2)16-12-10-15(11-13-16)14-18-19(23)22(20(25)24-18)17-8-6-5-7-9-17/h3-17H,2H2,1H3;11-14H,4-10H2,1-3H3;10-14,17H,3-9H2,1-2H3/b22-17+;18-13+,22-21?;18-14+. The molecule has 0 radical (unpaired) electrons. The van der Waals surface area contributed by atoms with Crippen LogP contribution in [0, 0.1) is 0 Å². The van der Waals surface area contributed by atoms with E-state index in [-0.39, 0.29) is 40.7 Å². The number of likely N-dealkylation sites (N-methyl/N-ethyl adjacent to an activating group) is 2. The van der Waals surface area contributed by atoms with Crippen molar-refractivity contribution in [1.29, 1.82) is 0 Å². The fourth-order valence-corrected chi connectivity index (χ4v) is 11.7.